The van der Waals surface area contributed by atoms with Crippen LogP contribution in [0.3, 0.4) is 0 Å². The van der Waals surface area contributed by atoms with Gasteiger partial charge in [0.05, 0.1) is 6.26 Å². The van der Waals surface area contributed by atoms with E-state index in [1.54, 1.807) is 6.26 Å². The molecule has 16 heavy (non-hydrogen) atoms. The highest BCUT2D eigenvalue weighted by atomic mass is 16.4. The first kappa shape index (κ1) is 10.7. The third-order valence-electron chi connectivity index (χ3n) is 2.63. The number of hydrogen-bond acceptors (Lipinski definition) is 2. The highest BCUT2D eigenvalue weighted by molar-refractivity contribution is 5.77. The summed E-state index contributed by atoms with van der Waals surface area (Å²) in [6.07, 6.45) is 4.47. The van der Waals surface area contributed by atoms with Gasteiger partial charge in [-0.25, -0.2) is 0 Å². The number of furan rings is 1. The number of aliphatic carboxylic acids is 1. The zero-order chi connectivity index (χ0) is 11.4. The van der Waals surface area contributed by atoms with Crippen LogP contribution >= 0.6 is 0 Å². The Morgan fingerprint density at radius 1 is 1.25 bits per heavy atom. The first-order valence-electron chi connectivity index (χ1n) is 5.43. The predicted molar refractivity (Wildman–Crippen MR) is 61.4 cm³/mol. The third kappa shape index (κ3) is 2.63. The molecule has 0 amide bonds. The molecule has 0 aliphatic rings. The maximum absolute atomic E-state index is 10.3. The lowest BCUT2D eigenvalue weighted by Gasteiger charge is -2.00. The first-order chi connectivity index (χ1) is 7.75. The van der Waals surface area contributed by atoms with Gasteiger partial charge in [0.1, 0.15) is 5.58 Å². The number of rotatable bonds is 5. The van der Waals surface area contributed by atoms with E-state index in [0.717, 1.165) is 30.2 Å². The molecule has 0 saturated heterocycles. The van der Waals surface area contributed by atoms with Crippen LogP contribution in [0.4, 0.5) is 0 Å². The third-order valence-corrected chi connectivity index (χ3v) is 2.63. The topological polar surface area (TPSA) is 50.4 Å². The molecule has 0 atom stereocenters. The van der Waals surface area contributed by atoms with Crippen LogP contribution in [0, 0.1) is 0 Å². The highest BCUT2D eigenvalue weighted by Crippen LogP contribution is 2.18. The van der Waals surface area contributed by atoms with Crippen molar-refractivity contribution in [3.8, 4) is 0 Å². The summed E-state index contributed by atoms with van der Waals surface area (Å²) >= 11 is 0. The molecular weight excluding hydrogens is 204 g/mol. The van der Waals surface area contributed by atoms with Crippen molar-refractivity contribution in [3.05, 3.63) is 36.1 Å². The van der Waals surface area contributed by atoms with Crippen molar-refractivity contribution in [2.75, 3.05) is 0 Å². The van der Waals surface area contributed by atoms with Gasteiger partial charge in [0.15, 0.2) is 0 Å². The van der Waals surface area contributed by atoms with E-state index in [4.69, 9.17) is 9.52 Å². The van der Waals surface area contributed by atoms with Crippen molar-refractivity contribution < 1.29 is 14.3 Å². The second kappa shape index (κ2) is 4.84. The van der Waals surface area contributed by atoms with Gasteiger partial charge in [0.25, 0.3) is 0 Å². The molecule has 0 bridgehead atoms. The molecule has 0 saturated carbocycles. The molecule has 84 valence electrons. The molecule has 0 fully saturated rings. The number of fused-ring (bicyclic) bond motifs is 1. The molecule has 2 rings (SSSR count). The minimum absolute atomic E-state index is 0.253. The molecule has 3 nitrogen and oxygen atoms in total. The molecule has 1 aromatic heterocycles. The van der Waals surface area contributed by atoms with E-state index in [1.165, 1.54) is 5.56 Å². The van der Waals surface area contributed by atoms with Crippen LogP contribution in [-0.4, -0.2) is 11.1 Å². The summed E-state index contributed by atoms with van der Waals surface area (Å²) in [4.78, 5) is 10.3. The van der Waals surface area contributed by atoms with Crippen LogP contribution in [0.1, 0.15) is 24.8 Å². The molecule has 3 heteroatoms. The van der Waals surface area contributed by atoms with E-state index < -0.39 is 5.97 Å². The summed E-state index contributed by atoms with van der Waals surface area (Å²) in [5.74, 6) is -0.721. The molecule has 0 radical (unpaired) electrons. The molecule has 0 spiro atoms. The van der Waals surface area contributed by atoms with E-state index in [1.807, 2.05) is 18.2 Å². The molecule has 1 N–H and O–H groups in total. The summed E-state index contributed by atoms with van der Waals surface area (Å²) < 4.78 is 5.31. The van der Waals surface area contributed by atoms with Gasteiger partial charge in [-0.1, -0.05) is 12.1 Å². The van der Waals surface area contributed by atoms with Crippen LogP contribution in [0.5, 0.6) is 0 Å². The first-order valence-corrected chi connectivity index (χ1v) is 5.43. The van der Waals surface area contributed by atoms with Crippen molar-refractivity contribution in [2.45, 2.75) is 25.7 Å². The largest absolute Gasteiger partial charge is 0.481 e. The average molecular weight is 218 g/mol. The predicted octanol–water partition coefficient (Wildman–Crippen LogP) is 3.23. The fourth-order valence-electron chi connectivity index (χ4n) is 1.76. The number of carboxylic acid groups (broad SMARTS) is 1. The number of carbonyl (C=O) groups is 1. The lowest BCUT2D eigenvalue weighted by molar-refractivity contribution is -0.137. The molecule has 1 heterocycles. The number of benzene rings is 1. The number of carboxylic acids is 1. The molecular formula is C13H14O3. The summed E-state index contributed by atoms with van der Waals surface area (Å²) in [5, 5.41) is 9.62. The highest BCUT2D eigenvalue weighted by Gasteiger charge is 2.00. The second-order valence-electron chi connectivity index (χ2n) is 3.89. The molecule has 0 unspecified atom stereocenters. The van der Waals surface area contributed by atoms with Gasteiger partial charge in [-0.3, -0.25) is 4.79 Å². The molecule has 0 aliphatic heterocycles. The van der Waals surface area contributed by atoms with Gasteiger partial charge in [-0.2, -0.15) is 0 Å². The Morgan fingerprint density at radius 2 is 2.12 bits per heavy atom. The smallest absolute Gasteiger partial charge is 0.303 e. The Bertz CT molecular complexity index is 485. The van der Waals surface area contributed by atoms with Crippen molar-refractivity contribution in [1.29, 1.82) is 0 Å². The van der Waals surface area contributed by atoms with Gasteiger partial charge in [-0.15, -0.1) is 0 Å². The fraction of sp³-hybridized carbons (Fsp3) is 0.308. The minimum atomic E-state index is -0.721. The lowest BCUT2D eigenvalue weighted by Crippen LogP contribution is -1.94. The van der Waals surface area contributed by atoms with Crippen molar-refractivity contribution in [3.63, 3.8) is 0 Å². The van der Waals surface area contributed by atoms with Gasteiger partial charge in [0.2, 0.25) is 0 Å². The Hall–Kier alpha value is -1.77. The Morgan fingerprint density at radius 3 is 2.94 bits per heavy atom. The average Bonchev–Trinajstić information content (AvgIpc) is 2.71. The second-order valence-corrected chi connectivity index (χ2v) is 3.89. The normalized spacial score (nSPS) is 10.8. The van der Waals surface area contributed by atoms with Gasteiger partial charge in [-0.05, 0) is 37.0 Å². The number of aryl methyl sites for hydroxylation is 1. The van der Waals surface area contributed by atoms with Crippen LogP contribution in [-0.2, 0) is 11.2 Å². The van der Waals surface area contributed by atoms with E-state index in [2.05, 4.69) is 6.07 Å². The summed E-state index contributed by atoms with van der Waals surface area (Å²) in [5.41, 5.74) is 2.10. The lowest BCUT2D eigenvalue weighted by atomic mass is 10.1. The quantitative estimate of drug-likeness (QED) is 0.784. The molecule has 0 aliphatic carbocycles. The Kier molecular flexibility index (Phi) is 3.25. The fourth-order valence-corrected chi connectivity index (χ4v) is 1.76. The number of unbranched alkanes of at least 4 members (excludes halogenated alkanes) is 1. The van der Waals surface area contributed by atoms with E-state index >= 15 is 0 Å². The van der Waals surface area contributed by atoms with E-state index in [-0.39, 0.29) is 6.42 Å². The van der Waals surface area contributed by atoms with Crippen LogP contribution in [0.15, 0.2) is 34.9 Å². The van der Waals surface area contributed by atoms with E-state index in [0.29, 0.717) is 0 Å². The van der Waals surface area contributed by atoms with Crippen molar-refractivity contribution in [1.82, 2.24) is 0 Å². The monoisotopic (exact) mass is 218 g/mol. The van der Waals surface area contributed by atoms with Crippen LogP contribution in [0.2, 0.25) is 0 Å². The molecule has 2 aromatic rings. The van der Waals surface area contributed by atoms with Gasteiger partial charge in [0, 0.05) is 11.8 Å². The van der Waals surface area contributed by atoms with Crippen LogP contribution < -0.4 is 0 Å². The number of hydrogen-bond donors (Lipinski definition) is 1. The van der Waals surface area contributed by atoms with Crippen molar-refractivity contribution >= 4 is 16.9 Å². The standard InChI is InChI=1S/C13H14O3/c14-13(15)4-2-1-3-10-5-6-11-7-8-16-12(11)9-10/h5-9H,1-4H2,(H,14,15). The minimum Gasteiger partial charge on any atom is -0.481 e. The summed E-state index contributed by atoms with van der Waals surface area (Å²) in [6, 6.07) is 8.06. The SMILES string of the molecule is O=C(O)CCCCc1ccc2ccoc2c1. The zero-order valence-corrected chi connectivity index (χ0v) is 8.98. The Balaban J connectivity index is 1.91. The Labute approximate surface area is 93.7 Å². The van der Waals surface area contributed by atoms with Gasteiger partial charge < -0.3 is 9.52 Å². The van der Waals surface area contributed by atoms with Gasteiger partial charge >= 0.3 is 5.97 Å². The molecule has 1 aromatic carbocycles. The van der Waals surface area contributed by atoms with E-state index in [9.17, 15) is 4.79 Å². The summed E-state index contributed by atoms with van der Waals surface area (Å²) in [6.45, 7) is 0. The maximum atomic E-state index is 10.3. The maximum Gasteiger partial charge on any atom is 0.303 e. The summed E-state index contributed by atoms with van der Waals surface area (Å²) in [7, 11) is 0. The van der Waals surface area contributed by atoms with Crippen LogP contribution in [0.25, 0.3) is 11.0 Å². The zero-order valence-electron chi connectivity index (χ0n) is 8.98. The van der Waals surface area contributed by atoms with Crippen molar-refractivity contribution in [2.24, 2.45) is 0 Å².